The van der Waals surface area contributed by atoms with Crippen LogP contribution in [0.2, 0.25) is 10.0 Å². The lowest BCUT2D eigenvalue weighted by Gasteiger charge is -2.15. The van der Waals surface area contributed by atoms with Gasteiger partial charge >= 0.3 is 0 Å². The number of benzene rings is 2. The molecule has 1 N–H and O–H groups in total. The molecule has 2 aromatic rings. The largest absolute Gasteiger partial charge is 0.495 e. The first-order valence-corrected chi connectivity index (χ1v) is 8.20. The number of nitrogens with one attached hydrogen (secondary N) is 1. The molecule has 0 aliphatic heterocycles. The number of anilines is 1. The molecule has 0 aliphatic carbocycles. The van der Waals surface area contributed by atoms with E-state index >= 15 is 0 Å². The van der Waals surface area contributed by atoms with E-state index in [0.29, 0.717) is 21.5 Å². The summed E-state index contributed by atoms with van der Waals surface area (Å²) in [6, 6.07) is 12.5. The summed E-state index contributed by atoms with van der Waals surface area (Å²) in [5.74, 6) is 0.415. The van der Waals surface area contributed by atoms with Gasteiger partial charge < -0.3 is 10.1 Å². The third kappa shape index (κ3) is 4.32. The normalized spacial score (nSPS) is 11.8. The molecule has 3 nitrogen and oxygen atoms in total. The Morgan fingerprint density at radius 3 is 2.64 bits per heavy atom. The highest BCUT2D eigenvalue weighted by atomic mass is 35.5. The van der Waals surface area contributed by atoms with Gasteiger partial charge in [0.05, 0.1) is 23.1 Å². The number of ether oxygens (including phenoxy) is 1. The van der Waals surface area contributed by atoms with Crippen LogP contribution in [-0.2, 0) is 4.79 Å². The van der Waals surface area contributed by atoms with Gasteiger partial charge in [0.1, 0.15) is 5.75 Å². The quantitative estimate of drug-likeness (QED) is 0.756. The predicted octanol–water partition coefficient (Wildman–Crippen LogP) is 5.12. The highest BCUT2D eigenvalue weighted by molar-refractivity contribution is 8.00. The maximum Gasteiger partial charge on any atom is 0.237 e. The van der Waals surface area contributed by atoms with Crippen molar-refractivity contribution < 1.29 is 9.53 Å². The Balaban J connectivity index is 2.09. The molecule has 0 fully saturated rings. The standard InChI is InChI=1S/C16H15Cl2NO2S/c1-10(22-15-6-4-3-5-12(15)18)16(20)19-13-9-11(17)7-8-14(13)21-2/h3-10H,1-2H3,(H,19,20)/t10-/m1/s1. The molecule has 0 unspecified atom stereocenters. The van der Waals surface area contributed by atoms with Crippen molar-refractivity contribution in [2.45, 2.75) is 17.1 Å². The summed E-state index contributed by atoms with van der Waals surface area (Å²) in [5, 5.41) is 3.68. The lowest BCUT2D eigenvalue weighted by atomic mass is 10.3. The SMILES string of the molecule is COc1ccc(Cl)cc1NC(=O)[C@@H](C)Sc1ccccc1Cl. The summed E-state index contributed by atoms with van der Waals surface area (Å²) in [4.78, 5) is 13.2. The first-order valence-electron chi connectivity index (χ1n) is 6.57. The maximum atomic E-state index is 12.3. The molecule has 0 aliphatic rings. The van der Waals surface area contributed by atoms with Crippen LogP contribution in [0.5, 0.6) is 5.75 Å². The van der Waals surface area contributed by atoms with Crippen molar-refractivity contribution in [3.05, 3.63) is 52.5 Å². The first-order chi connectivity index (χ1) is 10.5. The van der Waals surface area contributed by atoms with Crippen LogP contribution in [0.1, 0.15) is 6.92 Å². The lowest BCUT2D eigenvalue weighted by molar-refractivity contribution is -0.115. The Kier molecular flexibility index (Phi) is 6.00. The number of hydrogen-bond acceptors (Lipinski definition) is 3. The van der Waals surface area contributed by atoms with E-state index in [9.17, 15) is 4.79 Å². The van der Waals surface area contributed by atoms with Gasteiger partial charge in [-0.25, -0.2) is 0 Å². The fourth-order valence-electron chi connectivity index (χ4n) is 1.80. The first kappa shape index (κ1) is 17.0. The highest BCUT2D eigenvalue weighted by Crippen LogP contribution is 2.32. The molecule has 22 heavy (non-hydrogen) atoms. The van der Waals surface area contributed by atoms with Gasteiger partial charge in [0.15, 0.2) is 0 Å². The van der Waals surface area contributed by atoms with E-state index in [1.807, 2.05) is 25.1 Å². The molecule has 0 spiro atoms. The van der Waals surface area contributed by atoms with Crippen LogP contribution in [0.25, 0.3) is 0 Å². The van der Waals surface area contributed by atoms with Crippen LogP contribution in [0, 0.1) is 0 Å². The number of halogens is 2. The second kappa shape index (κ2) is 7.77. The molecule has 1 amide bonds. The van der Waals surface area contributed by atoms with E-state index in [-0.39, 0.29) is 11.2 Å². The average molecular weight is 356 g/mol. The minimum atomic E-state index is -0.316. The summed E-state index contributed by atoms with van der Waals surface area (Å²) < 4.78 is 5.22. The molecule has 0 aromatic heterocycles. The topological polar surface area (TPSA) is 38.3 Å². The van der Waals surface area contributed by atoms with Crippen molar-refractivity contribution in [3.63, 3.8) is 0 Å². The molecular weight excluding hydrogens is 341 g/mol. The van der Waals surface area contributed by atoms with Gasteiger partial charge in [-0.1, -0.05) is 35.3 Å². The van der Waals surface area contributed by atoms with E-state index in [1.165, 1.54) is 11.8 Å². The van der Waals surface area contributed by atoms with Gasteiger partial charge in [0.2, 0.25) is 5.91 Å². The fraction of sp³-hybridized carbons (Fsp3) is 0.188. The van der Waals surface area contributed by atoms with Crippen molar-refractivity contribution in [1.82, 2.24) is 0 Å². The van der Waals surface area contributed by atoms with Crippen LogP contribution in [0.4, 0.5) is 5.69 Å². The van der Waals surface area contributed by atoms with Crippen LogP contribution >= 0.6 is 35.0 Å². The van der Waals surface area contributed by atoms with Gasteiger partial charge in [-0.3, -0.25) is 4.79 Å². The molecule has 0 heterocycles. The van der Waals surface area contributed by atoms with Crippen LogP contribution in [0.15, 0.2) is 47.4 Å². The van der Waals surface area contributed by atoms with Gasteiger partial charge in [-0.05, 0) is 37.3 Å². The highest BCUT2D eigenvalue weighted by Gasteiger charge is 2.17. The fourth-order valence-corrected chi connectivity index (χ4v) is 3.12. The van der Waals surface area contributed by atoms with Crippen LogP contribution in [0.3, 0.4) is 0 Å². The Hall–Kier alpha value is -1.36. The number of thioether (sulfide) groups is 1. The van der Waals surface area contributed by atoms with Crippen LogP contribution in [-0.4, -0.2) is 18.3 Å². The second-order valence-electron chi connectivity index (χ2n) is 4.52. The average Bonchev–Trinajstić information content (AvgIpc) is 2.49. The molecule has 0 radical (unpaired) electrons. The van der Waals surface area contributed by atoms with Gasteiger partial charge in [-0.15, -0.1) is 11.8 Å². The number of hydrogen-bond donors (Lipinski definition) is 1. The van der Waals surface area contributed by atoms with E-state index in [1.54, 1.807) is 31.4 Å². The molecular formula is C16H15Cl2NO2S. The second-order valence-corrected chi connectivity index (χ2v) is 6.75. The monoisotopic (exact) mass is 355 g/mol. The Bertz CT molecular complexity index is 679. The van der Waals surface area contributed by atoms with Crippen molar-refractivity contribution in [2.24, 2.45) is 0 Å². The minimum Gasteiger partial charge on any atom is -0.495 e. The number of carbonyl (C=O) groups is 1. The van der Waals surface area contributed by atoms with Gasteiger partial charge in [-0.2, -0.15) is 0 Å². The molecule has 0 saturated carbocycles. The van der Waals surface area contributed by atoms with Gasteiger partial charge in [0, 0.05) is 9.92 Å². The zero-order valence-corrected chi connectivity index (χ0v) is 14.4. The summed E-state index contributed by atoms with van der Waals surface area (Å²) in [6.07, 6.45) is 0. The summed E-state index contributed by atoms with van der Waals surface area (Å²) in [6.45, 7) is 1.82. The minimum absolute atomic E-state index is 0.148. The van der Waals surface area contributed by atoms with Crippen molar-refractivity contribution >= 4 is 46.6 Å². The zero-order valence-electron chi connectivity index (χ0n) is 12.1. The number of carbonyl (C=O) groups excluding carboxylic acids is 1. The van der Waals surface area contributed by atoms with E-state index in [2.05, 4.69) is 5.32 Å². The molecule has 2 rings (SSSR count). The summed E-state index contributed by atoms with van der Waals surface area (Å²) >= 11 is 13.5. The predicted molar refractivity (Wildman–Crippen MR) is 93.4 cm³/mol. The molecule has 2 aromatic carbocycles. The molecule has 0 bridgehead atoms. The van der Waals surface area contributed by atoms with Crippen molar-refractivity contribution in [2.75, 3.05) is 12.4 Å². The Labute approximate surface area is 144 Å². The maximum absolute atomic E-state index is 12.3. The van der Waals surface area contributed by atoms with Gasteiger partial charge in [0.25, 0.3) is 0 Å². The lowest BCUT2D eigenvalue weighted by Crippen LogP contribution is -2.22. The summed E-state index contributed by atoms with van der Waals surface area (Å²) in [7, 11) is 1.54. The number of amides is 1. The smallest absolute Gasteiger partial charge is 0.237 e. The van der Waals surface area contributed by atoms with Crippen molar-refractivity contribution in [1.29, 1.82) is 0 Å². The number of rotatable bonds is 5. The molecule has 0 saturated heterocycles. The molecule has 1 atom stereocenters. The third-order valence-corrected chi connectivity index (χ3v) is 4.78. The van der Waals surface area contributed by atoms with E-state index < -0.39 is 0 Å². The summed E-state index contributed by atoms with van der Waals surface area (Å²) in [5.41, 5.74) is 0.548. The van der Waals surface area contributed by atoms with Crippen LogP contribution < -0.4 is 10.1 Å². The zero-order chi connectivity index (χ0) is 16.1. The number of methoxy groups -OCH3 is 1. The van der Waals surface area contributed by atoms with Crippen molar-refractivity contribution in [3.8, 4) is 5.75 Å². The third-order valence-electron chi connectivity index (χ3n) is 2.93. The van der Waals surface area contributed by atoms with E-state index in [0.717, 1.165) is 4.90 Å². The molecule has 116 valence electrons. The molecule has 6 heteroatoms. The van der Waals surface area contributed by atoms with E-state index in [4.69, 9.17) is 27.9 Å². The Morgan fingerprint density at radius 2 is 1.95 bits per heavy atom. The Morgan fingerprint density at radius 1 is 1.23 bits per heavy atom.